The van der Waals surface area contributed by atoms with Gasteiger partial charge in [0.25, 0.3) is 0 Å². The first-order valence-corrected chi connectivity index (χ1v) is 19.0. The van der Waals surface area contributed by atoms with Crippen molar-refractivity contribution in [1.29, 1.82) is 0 Å². The molecular weight excluding hydrogens is 709 g/mol. The van der Waals surface area contributed by atoms with Crippen LogP contribution in [0.15, 0.2) is 196 Å². The Labute approximate surface area is 326 Å². The molecule has 0 aliphatic rings. The highest BCUT2D eigenvalue weighted by Crippen LogP contribution is 2.35. The Kier molecular flexibility index (Phi) is 8.62. The van der Waals surface area contributed by atoms with Gasteiger partial charge in [0.05, 0.1) is 0 Å². The maximum atomic E-state index is 6.20. The molecule has 10 rings (SSSR count). The third-order valence-corrected chi connectivity index (χ3v) is 10.4. The minimum absolute atomic E-state index is 0.579. The normalized spacial score (nSPS) is 11.3. The molecule has 7 aromatic carbocycles. The Morgan fingerprint density at radius 1 is 0.286 bits per heavy atom. The van der Waals surface area contributed by atoms with Crippen LogP contribution in [0.2, 0.25) is 0 Å². The zero-order chi connectivity index (χ0) is 37.3. The average Bonchev–Trinajstić information content (AvgIpc) is 3.65. The van der Waals surface area contributed by atoms with Gasteiger partial charge < -0.3 is 4.42 Å². The minimum atomic E-state index is 0.579. The minimum Gasteiger partial charge on any atom is -0.456 e. The standard InChI is InChI=1S/C48H30N6OS/c1-4-13-31(14-5-1)43-49-44(32-15-6-2-7-16-32)52-47(51-43)35-19-12-20-38(29-35)56-37-26-23-34(24-27-37)46-50-45(33-17-8-3-9-18-33)53-48(54-46)36-25-28-40-39-21-10-11-22-41(39)55-42(40)30-36/h1-30H. The molecule has 56 heavy (non-hydrogen) atoms. The number of furan rings is 1. The average molecular weight is 739 g/mol. The Morgan fingerprint density at radius 3 is 1.25 bits per heavy atom. The highest BCUT2D eigenvalue weighted by atomic mass is 32.2. The number of nitrogens with zero attached hydrogens (tertiary/aromatic N) is 6. The molecule has 0 spiro atoms. The molecule has 0 atom stereocenters. The summed E-state index contributed by atoms with van der Waals surface area (Å²) in [6, 6.07) is 60.9. The van der Waals surface area contributed by atoms with Gasteiger partial charge >= 0.3 is 0 Å². The molecule has 3 aromatic heterocycles. The molecule has 7 nitrogen and oxygen atoms in total. The SMILES string of the molecule is c1ccc(-c2nc(-c3ccccc3)nc(-c3cccc(Sc4ccc(-c5nc(-c6ccccc6)nc(-c6ccc7c(c6)oc6ccccc67)n5)cc4)c3)n2)cc1. The first-order valence-electron chi connectivity index (χ1n) is 18.2. The van der Waals surface area contributed by atoms with Crippen LogP contribution in [0.4, 0.5) is 0 Å². The van der Waals surface area contributed by atoms with E-state index >= 15 is 0 Å². The predicted molar refractivity (Wildman–Crippen MR) is 224 cm³/mol. The highest BCUT2D eigenvalue weighted by Gasteiger charge is 2.16. The van der Waals surface area contributed by atoms with Gasteiger partial charge in [-0.15, -0.1) is 0 Å². The van der Waals surface area contributed by atoms with E-state index in [1.807, 2.05) is 133 Å². The summed E-state index contributed by atoms with van der Waals surface area (Å²) in [7, 11) is 0. The van der Waals surface area contributed by atoms with Crippen LogP contribution >= 0.6 is 11.8 Å². The van der Waals surface area contributed by atoms with Crippen molar-refractivity contribution in [3.05, 3.63) is 182 Å². The van der Waals surface area contributed by atoms with Crippen molar-refractivity contribution in [1.82, 2.24) is 29.9 Å². The smallest absolute Gasteiger partial charge is 0.164 e. The van der Waals surface area contributed by atoms with Crippen LogP contribution in [0.25, 0.3) is 90.3 Å². The lowest BCUT2D eigenvalue weighted by molar-refractivity contribution is 0.669. The number of benzene rings is 7. The van der Waals surface area contributed by atoms with E-state index in [9.17, 15) is 0 Å². The first kappa shape index (κ1) is 33.3. The molecule has 0 unspecified atom stereocenters. The lowest BCUT2D eigenvalue weighted by atomic mass is 10.1. The second kappa shape index (κ2) is 14.5. The molecule has 0 aliphatic heterocycles. The summed E-state index contributed by atoms with van der Waals surface area (Å²) in [5, 5.41) is 2.14. The molecular formula is C48H30N6OS. The lowest BCUT2D eigenvalue weighted by Crippen LogP contribution is -2.00. The number of hydrogen-bond acceptors (Lipinski definition) is 8. The van der Waals surface area contributed by atoms with Crippen molar-refractivity contribution in [3.8, 4) is 68.3 Å². The molecule has 0 aliphatic carbocycles. The Hall–Kier alpha value is -7.29. The van der Waals surface area contributed by atoms with E-state index in [2.05, 4.69) is 48.5 Å². The number of aromatic nitrogens is 6. The molecule has 264 valence electrons. The monoisotopic (exact) mass is 738 g/mol. The van der Waals surface area contributed by atoms with Gasteiger partial charge in [-0.1, -0.05) is 151 Å². The Balaban J connectivity index is 0.967. The van der Waals surface area contributed by atoms with E-state index in [1.165, 1.54) is 0 Å². The molecule has 0 saturated carbocycles. The third-order valence-electron chi connectivity index (χ3n) is 9.44. The summed E-state index contributed by atoms with van der Waals surface area (Å²) in [6.45, 7) is 0. The largest absolute Gasteiger partial charge is 0.456 e. The molecule has 0 radical (unpaired) electrons. The summed E-state index contributed by atoms with van der Waals surface area (Å²) in [5.41, 5.74) is 7.09. The number of hydrogen-bond donors (Lipinski definition) is 0. The molecule has 0 saturated heterocycles. The summed E-state index contributed by atoms with van der Waals surface area (Å²) >= 11 is 1.67. The summed E-state index contributed by atoms with van der Waals surface area (Å²) < 4.78 is 6.20. The van der Waals surface area contributed by atoms with Crippen LogP contribution in [-0.2, 0) is 0 Å². The van der Waals surface area contributed by atoms with Crippen molar-refractivity contribution >= 4 is 33.7 Å². The van der Waals surface area contributed by atoms with E-state index in [0.717, 1.165) is 65.1 Å². The van der Waals surface area contributed by atoms with Gasteiger partial charge in [0.2, 0.25) is 0 Å². The van der Waals surface area contributed by atoms with Gasteiger partial charge in [0.1, 0.15) is 11.2 Å². The van der Waals surface area contributed by atoms with Gasteiger partial charge in [0, 0.05) is 53.9 Å². The second-order valence-electron chi connectivity index (χ2n) is 13.2. The third kappa shape index (κ3) is 6.70. The topological polar surface area (TPSA) is 90.5 Å². The summed E-state index contributed by atoms with van der Waals surface area (Å²) in [5.74, 6) is 3.67. The van der Waals surface area contributed by atoms with E-state index < -0.39 is 0 Å². The number of para-hydroxylation sites is 1. The molecule has 0 N–H and O–H groups in total. The Morgan fingerprint density at radius 2 is 0.696 bits per heavy atom. The fourth-order valence-electron chi connectivity index (χ4n) is 6.66. The molecule has 0 fully saturated rings. The molecule has 0 bridgehead atoms. The lowest BCUT2D eigenvalue weighted by Gasteiger charge is -2.10. The van der Waals surface area contributed by atoms with E-state index in [0.29, 0.717) is 34.9 Å². The zero-order valence-corrected chi connectivity index (χ0v) is 30.6. The molecule has 3 heterocycles. The number of rotatable bonds is 8. The first-order chi connectivity index (χ1) is 27.7. The van der Waals surface area contributed by atoms with Gasteiger partial charge in [-0.25, -0.2) is 29.9 Å². The van der Waals surface area contributed by atoms with Gasteiger partial charge in [0.15, 0.2) is 34.9 Å². The van der Waals surface area contributed by atoms with Crippen molar-refractivity contribution in [2.45, 2.75) is 9.79 Å². The van der Waals surface area contributed by atoms with Gasteiger partial charge in [-0.05, 0) is 42.5 Å². The molecule has 0 amide bonds. The fourth-order valence-corrected chi connectivity index (χ4v) is 7.54. The highest BCUT2D eigenvalue weighted by molar-refractivity contribution is 7.99. The van der Waals surface area contributed by atoms with E-state index in [4.69, 9.17) is 34.3 Å². The molecule has 10 aromatic rings. The fraction of sp³-hybridized carbons (Fsp3) is 0. The predicted octanol–water partition coefficient (Wildman–Crippen LogP) is 12.1. The van der Waals surface area contributed by atoms with Crippen LogP contribution in [0.3, 0.4) is 0 Å². The van der Waals surface area contributed by atoms with Crippen LogP contribution < -0.4 is 0 Å². The van der Waals surface area contributed by atoms with Crippen LogP contribution in [-0.4, -0.2) is 29.9 Å². The second-order valence-corrected chi connectivity index (χ2v) is 14.3. The summed E-state index contributed by atoms with van der Waals surface area (Å²) in [4.78, 5) is 31.7. The maximum Gasteiger partial charge on any atom is 0.164 e. The van der Waals surface area contributed by atoms with Crippen molar-refractivity contribution in [2.24, 2.45) is 0 Å². The van der Waals surface area contributed by atoms with Gasteiger partial charge in [-0.3, -0.25) is 0 Å². The summed E-state index contributed by atoms with van der Waals surface area (Å²) in [6.07, 6.45) is 0. The van der Waals surface area contributed by atoms with Gasteiger partial charge in [-0.2, -0.15) is 0 Å². The maximum absolute atomic E-state index is 6.20. The van der Waals surface area contributed by atoms with Crippen molar-refractivity contribution in [3.63, 3.8) is 0 Å². The number of fused-ring (bicyclic) bond motifs is 3. The van der Waals surface area contributed by atoms with Crippen LogP contribution in [0, 0.1) is 0 Å². The quantitative estimate of drug-likeness (QED) is 0.152. The van der Waals surface area contributed by atoms with Crippen LogP contribution in [0.1, 0.15) is 0 Å². The zero-order valence-electron chi connectivity index (χ0n) is 29.8. The molecule has 8 heteroatoms. The van der Waals surface area contributed by atoms with E-state index in [1.54, 1.807) is 11.8 Å². The van der Waals surface area contributed by atoms with Crippen molar-refractivity contribution in [2.75, 3.05) is 0 Å². The Bertz CT molecular complexity index is 2930. The van der Waals surface area contributed by atoms with Crippen molar-refractivity contribution < 1.29 is 4.42 Å². The van der Waals surface area contributed by atoms with E-state index in [-0.39, 0.29) is 0 Å². The van der Waals surface area contributed by atoms with Crippen LogP contribution in [0.5, 0.6) is 0 Å².